The Labute approximate surface area is 83.9 Å². The van der Waals surface area contributed by atoms with Crippen LogP contribution in [-0.2, 0) is 7.05 Å². The lowest BCUT2D eigenvalue weighted by Gasteiger charge is -2.28. The van der Waals surface area contributed by atoms with Crippen molar-refractivity contribution >= 4 is 0 Å². The van der Waals surface area contributed by atoms with Gasteiger partial charge in [-0.2, -0.15) is 15.0 Å². The summed E-state index contributed by atoms with van der Waals surface area (Å²) in [5.74, 6) is 0. The van der Waals surface area contributed by atoms with Crippen molar-refractivity contribution in [2.45, 2.75) is 38.7 Å². The molecule has 2 rings (SSSR count). The Balaban J connectivity index is 2.18. The summed E-state index contributed by atoms with van der Waals surface area (Å²) >= 11 is 0. The SMILES string of the molecule is Cn1ncc(C(O)C2(C)CCCC2)n1. The summed E-state index contributed by atoms with van der Waals surface area (Å²) in [6, 6.07) is 0. The largest absolute Gasteiger partial charge is 0.386 e. The highest BCUT2D eigenvalue weighted by atomic mass is 16.3. The molecule has 0 radical (unpaired) electrons. The fourth-order valence-electron chi connectivity index (χ4n) is 2.30. The summed E-state index contributed by atoms with van der Waals surface area (Å²) in [6.45, 7) is 2.14. The van der Waals surface area contributed by atoms with E-state index in [-0.39, 0.29) is 5.41 Å². The van der Waals surface area contributed by atoms with Crippen LogP contribution < -0.4 is 0 Å². The molecule has 1 aromatic heterocycles. The second kappa shape index (κ2) is 3.35. The highest BCUT2D eigenvalue weighted by molar-refractivity contribution is 5.04. The monoisotopic (exact) mass is 195 g/mol. The Hall–Kier alpha value is -0.900. The van der Waals surface area contributed by atoms with E-state index in [9.17, 15) is 5.11 Å². The van der Waals surface area contributed by atoms with E-state index in [1.807, 2.05) is 0 Å². The number of aryl methyl sites for hydroxylation is 1. The van der Waals surface area contributed by atoms with Gasteiger partial charge in [0.1, 0.15) is 11.8 Å². The molecule has 4 nitrogen and oxygen atoms in total. The molecule has 1 atom stereocenters. The van der Waals surface area contributed by atoms with E-state index in [1.165, 1.54) is 17.6 Å². The molecular weight excluding hydrogens is 178 g/mol. The molecular formula is C10H17N3O. The molecule has 4 heteroatoms. The van der Waals surface area contributed by atoms with E-state index in [1.54, 1.807) is 13.2 Å². The smallest absolute Gasteiger partial charge is 0.112 e. The topological polar surface area (TPSA) is 50.9 Å². The van der Waals surface area contributed by atoms with Crippen molar-refractivity contribution in [1.82, 2.24) is 15.0 Å². The minimum atomic E-state index is -0.460. The maximum atomic E-state index is 10.2. The molecule has 0 bridgehead atoms. The zero-order valence-electron chi connectivity index (χ0n) is 8.77. The van der Waals surface area contributed by atoms with Crippen molar-refractivity contribution in [1.29, 1.82) is 0 Å². The van der Waals surface area contributed by atoms with Crippen molar-refractivity contribution in [3.8, 4) is 0 Å². The molecule has 0 aliphatic heterocycles. The Morgan fingerprint density at radius 2 is 2.14 bits per heavy atom. The van der Waals surface area contributed by atoms with Gasteiger partial charge in [-0.15, -0.1) is 0 Å². The number of aliphatic hydroxyl groups excluding tert-OH is 1. The van der Waals surface area contributed by atoms with Crippen LogP contribution in [0.3, 0.4) is 0 Å². The predicted molar refractivity (Wildman–Crippen MR) is 52.5 cm³/mol. The summed E-state index contributed by atoms with van der Waals surface area (Å²) in [7, 11) is 1.77. The van der Waals surface area contributed by atoms with Crippen LogP contribution in [0.15, 0.2) is 6.20 Å². The third-order valence-electron chi connectivity index (χ3n) is 3.30. The molecule has 1 aliphatic rings. The lowest BCUT2D eigenvalue weighted by atomic mass is 9.81. The minimum Gasteiger partial charge on any atom is -0.386 e. The molecule has 14 heavy (non-hydrogen) atoms. The lowest BCUT2D eigenvalue weighted by Crippen LogP contribution is -2.22. The van der Waals surface area contributed by atoms with Crippen molar-refractivity contribution in [2.75, 3.05) is 0 Å². The predicted octanol–water partition coefficient (Wildman–Crippen LogP) is 1.43. The van der Waals surface area contributed by atoms with Crippen LogP contribution in [-0.4, -0.2) is 20.1 Å². The van der Waals surface area contributed by atoms with E-state index >= 15 is 0 Å². The summed E-state index contributed by atoms with van der Waals surface area (Å²) in [6.07, 6.45) is 5.81. The number of aromatic nitrogens is 3. The maximum absolute atomic E-state index is 10.2. The van der Waals surface area contributed by atoms with Gasteiger partial charge in [-0.1, -0.05) is 19.8 Å². The van der Waals surface area contributed by atoms with E-state index in [0.29, 0.717) is 5.69 Å². The molecule has 1 N–H and O–H groups in total. The van der Waals surface area contributed by atoms with Gasteiger partial charge >= 0.3 is 0 Å². The highest BCUT2D eigenvalue weighted by Gasteiger charge is 2.38. The Morgan fingerprint density at radius 1 is 1.50 bits per heavy atom. The van der Waals surface area contributed by atoms with E-state index < -0.39 is 6.10 Å². The van der Waals surface area contributed by atoms with Crippen LogP contribution in [0.4, 0.5) is 0 Å². The van der Waals surface area contributed by atoms with Crippen molar-refractivity contribution in [3.05, 3.63) is 11.9 Å². The second-order valence-electron chi connectivity index (χ2n) is 4.52. The fraction of sp³-hybridized carbons (Fsp3) is 0.800. The van der Waals surface area contributed by atoms with Gasteiger partial charge < -0.3 is 5.11 Å². The van der Waals surface area contributed by atoms with Gasteiger partial charge in [0, 0.05) is 7.05 Å². The zero-order valence-corrected chi connectivity index (χ0v) is 8.77. The molecule has 1 saturated carbocycles. The van der Waals surface area contributed by atoms with Gasteiger partial charge in [-0.05, 0) is 18.3 Å². The van der Waals surface area contributed by atoms with Gasteiger partial charge in [0.2, 0.25) is 0 Å². The lowest BCUT2D eigenvalue weighted by molar-refractivity contribution is 0.0369. The van der Waals surface area contributed by atoms with Gasteiger partial charge in [0.15, 0.2) is 0 Å². The summed E-state index contributed by atoms with van der Waals surface area (Å²) in [5, 5.41) is 18.3. The molecule has 0 amide bonds. The molecule has 1 fully saturated rings. The standard InChI is InChI=1S/C10H17N3O/c1-10(5-3-4-6-10)9(14)8-7-11-13(2)12-8/h7,9,14H,3-6H2,1-2H3. The van der Waals surface area contributed by atoms with Gasteiger partial charge in [0.05, 0.1) is 6.20 Å². The molecule has 1 heterocycles. The van der Waals surface area contributed by atoms with Crippen LogP contribution in [0.25, 0.3) is 0 Å². The van der Waals surface area contributed by atoms with Crippen molar-refractivity contribution in [2.24, 2.45) is 12.5 Å². The summed E-state index contributed by atoms with van der Waals surface area (Å²) in [4.78, 5) is 1.50. The summed E-state index contributed by atoms with van der Waals surface area (Å²) in [5.41, 5.74) is 0.715. The molecule has 0 aromatic carbocycles. The fourth-order valence-corrected chi connectivity index (χ4v) is 2.30. The van der Waals surface area contributed by atoms with Crippen LogP contribution in [0, 0.1) is 5.41 Å². The Bertz CT molecular complexity index is 315. The van der Waals surface area contributed by atoms with Gasteiger partial charge in [-0.25, -0.2) is 0 Å². The molecule has 1 aliphatic carbocycles. The molecule has 1 aromatic rings. The third kappa shape index (κ3) is 1.54. The van der Waals surface area contributed by atoms with Crippen LogP contribution in [0.5, 0.6) is 0 Å². The first-order chi connectivity index (χ1) is 6.62. The van der Waals surface area contributed by atoms with Gasteiger partial charge in [0.25, 0.3) is 0 Å². The maximum Gasteiger partial charge on any atom is 0.112 e. The zero-order chi connectivity index (χ0) is 10.2. The Kier molecular flexibility index (Phi) is 2.31. The minimum absolute atomic E-state index is 0.00995. The number of nitrogens with zero attached hydrogens (tertiary/aromatic N) is 3. The number of aliphatic hydroxyl groups is 1. The van der Waals surface area contributed by atoms with Crippen molar-refractivity contribution < 1.29 is 5.11 Å². The van der Waals surface area contributed by atoms with Gasteiger partial charge in [-0.3, -0.25) is 0 Å². The average molecular weight is 195 g/mol. The van der Waals surface area contributed by atoms with E-state index in [0.717, 1.165) is 12.8 Å². The first-order valence-corrected chi connectivity index (χ1v) is 5.16. The first kappa shape index (κ1) is 9.65. The molecule has 1 unspecified atom stereocenters. The van der Waals surface area contributed by atoms with Crippen molar-refractivity contribution in [3.63, 3.8) is 0 Å². The van der Waals surface area contributed by atoms with Crippen LogP contribution in [0.1, 0.15) is 44.4 Å². The highest BCUT2D eigenvalue weighted by Crippen LogP contribution is 2.46. The number of hydrogen-bond acceptors (Lipinski definition) is 3. The molecule has 78 valence electrons. The Morgan fingerprint density at radius 3 is 2.64 bits per heavy atom. The summed E-state index contributed by atoms with van der Waals surface area (Å²) < 4.78 is 0. The average Bonchev–Trinajstić information content (AvgIpc) is 2.74. The molecule has 0 saturated heterocycles. The quantitative estimate of drug-likeness (QED) is 0.776. The van der Waals surface area contributed by atoms with Crippen LogP contribution >= 0.6 is 0 Å². The third-order valence-corrected chi connectivity index (χ3v) is 3.30. The second-order valence-corrected chi connectivity index (χ2v) is 4.52. The normalized spacial score (nSPS) is 22.5. The number of hydrogen-bond donors (Lipinski definition) is 1. The van der Waals surface area contributed by atoms with Crippen LogP contribution in [0.2, 0.25) is 0 Å². The molecule has 0 spiro atoms. The van der Waals surface area contributed by atoms with E-state index in [4.69, 9.17) is 0 Å². The number of rotatable bonds is 2. The first-order valence-electron chi connectivity index (χ1n) is 5.16. The van der Waals surface area contributed by atoms with E-state index in [2.05, 4.69) is 17.1 Å².